The molecule has 7 heteroatoms. The van der Waals surface area contributed by atoms with E-state index in [1.54, 1.807) is 6.07 Å². The summed E-state index contributed by atoms with van der Waals surface area (Å²) in [5.41, 5.74) is 2.22. The van der Waals surface area contributed by atoms with Crippen LogP contribution in [-0.4, -0.2) is 24.7 Å². The third-order valence-corrected chi connectivity index (χ3v) is 2.39. The molecule has 18 heavy (non-hydrogen) atoms. The average molecular weight is 262 g/mol. The van der Waals surface area contributed by atoms with Gasteiger partial charge < -0.3 is 15.8 Å². The zero-order chi connectivity index (χ0) is 14.0. The van der Waals surface area contributed by atoms with E-state index in [1.807, 2.05) is 0 Å². The van der Waals surface area contributed by atoms with Crippen molar-refractivity contribution in [3.05, 3.63) is 24.3 Å². The number of alkyl halides is 3. The van der Waals surface area contributed by atoms with Crippen LogP contribution in [-0.2, 0) is 4.79 Å². The van der Waals surface area contributed by atoms with Gasteiger partial charge >= 0.3 is 6.18 Å². The lowest BCUT2D eigenvalue weighted by Crippen LogP contribution is -2.59. The summed E-state index contributed by atoms with van der Waals surface area (Å²) >= 11 is 0. The second kappa shape index (κ2) is 4.85. The summed E-state index contributed by atoms with van der Waals surface area (Å²) in [6.07, 6.45) is -4.82. The predicted octanol–water partition coefficient (Wildman–Crippen LogP) is 1.91. The number of benzene rings is 1. The molecule has 3 N–H and O–H groups in total. The highest BCUT2D eigenvalue weighted by Gasteiger charge is 2.53. The van der Waals surface area contributed by atoms with Gasteiger partial charge in [-0.2, -0.15) is 13.2 Å². The Morgan fingerprint density at radius 3 is 2.50 bits per heavy atom. The number of carbonyl (C=O) groups excluding carboxylic acids is 1. The van der Waals surface area contributed by atoms with Crippen LogP contribution >= 0.6 is 0 Å². The largest absolute Gasteiger partial charge is 0.497 e. The van der Waals surface area contributed by atoms with E-state index < -0.39 is 17.6 Å². The molecule has 100 valence electrons. The van der Waals surface area contributed by atoms with Gasteiger partial charge in [-0.05, 0) is 19.1 Å². The third kappa shape index (κ3) is 2.92. The number of hydrogen-bond donors (Lipinski definition) is 2. The SMILES string of the molecule is COc1cccc(NC(=O)[C@@](C)(N)C(F)(F)F)c1. The van der Waals surface area contributed by atoms with E-state index in [2.05, 4.69) is 5.32 Å². The predicted molar refractivity (Wildman–Crippen MR) is 60.3 cm³/mol. The fourth-order valence-corrected chi connectivity index (χ4v) is 1.09. The van der Waals surface area contributed by atoms with Crippen LogP contribution in [0.15, 0.2) is 24.3 Å². The van der Waals surface area contributed by atoms with Crippen molar-refractivity contribution in [2.45, 2.75) is 18.6 Å². The molecule has 1 aromatic rings. The molecular formula is C11H13F3N2O2. The number of nitrogens with one attached hydrogen (secondary N) is 1. The van der Waals surface area contributed by atoms with Crippen molar-refractivity contribution in [3.63, 3.8) is 0 Å². The fourth-order valence-electron chi connectivity index (χ4n) is 1.09. The molecular weight excluding hydrogens is 249 g/mol. The van der Waals surface area contributed by atoms with Crippen LogP contribution in [0.3, 0.4) is 0 Å². The Hall–Kier alpha value is -1.76. The van der Waals surface area contributed by atoms with E-state index in [-0.39, 0.29) is 5.69 Å². The molecule has 0 aliphatic carbocycles. The first-order chi connectivity index (χ1) is 8.18. The van der Waals surface area contributed by atoms with Crippen LogP contribution in [0.2, 0.25) is 0 Å². The summed E-state index contributed by atoms with van der Waals surface area (Å²) < 4.78 is 42.4. The van der Waals surface area contributed by atoms with Gasteiger partial charge in [-0.1, -0.05) is 6.07 Å². The lowest BCUT2D eigenvalue weighted by molar-refractivity contribution is -0.184. The van der Waals surface area contributed by atoms with Crippen molar-refractivity contribution in [2.24, 2.45) is 5.73 Å². The Balaban J connectivity index is 2.88. The first-order valence-corrected chi connectivity index (χ1v) is 4.99. The molecule has 1 rings (SSSR count). The Kier molecular flexibility index (Phi) is 3.85. The number of carbonyl (C=O) groups is 1. The van der Waals surface area contributed by atoms with Crippen LogP contribution in [0.1, 0.15) is 6.92 Å². The van der Waals surface area contributed by atoms with Gasteiger partial charge in [0.1, 0.15) is 5.75 Å². The zero-order valence-corrected chi connectivity index (χ0v) is 9.84. The van der Waals surface area contributed by atoms with Gasteiger partial charge in [0.2, 0.25) is 0 Å². The van der Waals surface area contributed by atoms with E-state index in [1.165, 1.54) is 25.3 Å². The van der Waals surface area contributed by atoms with E-state index >= 15 is 0 Å². The van der Waals surface area contributed by atoms with Crippen LogP contribution in [0.5, 0.6) is 5.75 Å². The summed E-state index contributed by atoms with van der Waals surface area (Å²) in [5, 5.41) is 2.10. The summed E-state index contributed by atoms with van der Waals surface area (Å²) in [5.74, 6) is -0.915. The van der Waals surface area contributed by atoms with Crippen molar-refractivity contribution in [3.8, 4) is 5.75 Å². The average Bonchev–Trinajstić information content (AvgIpc) is 2.27. The molecule has 0 aliphatic heterocycles. The minimum atomic E-state index is -4.82. The Morgan fingerprint density at radius 2 is 2.00 bits per heavy atom. The summed E-state index contributed by atoms with van der Waals surface area (Å²) in [4.78, 5) is 11.5. The molecule has 0 aliphatic rings. The Labute approximate surface area is 102 Å². The van der Waals surface area contributed by atoms with Crippen molar-refractivity contribution in [2.75, 3.05) is 12.4 Å². The Morgan fingerprint density at radius 1 is 1.39 bits per heavy atom. The standard InChI is InChI=1S/C11H13F3N2O2/c1-10(15,11(12,13)14)9(17)16-7-4-3-5-8(6-7)18-2/h3-6H,15H2,1-2H3,(H,16,17)/t10-/m1/s1. The first-order valence-electron chi connectivity index (χ1n) is 4.99. The highest BCUT2D eigenvalue weighted by atomic mass is 19.4. The number of amides is 1. The van der Waals surface area contributed by atoms with E-state index in [9.17, 15) is 18.0 Å². The zero-order valence-electron chi connectivity index (χ0n) is 9.84. The molecule has 0 saturated carbocycles. The van der Waals surface area contributed by atoms with Crippen LogP contribution in [0.4, 0.5) is 18.9 Å². The number of hydrogen-bond acceptors (Lipinski definition) is 3. The molecule has 0 fully saturated rings. The van der Waals surface area contributed by atoms with E-state index in [0.29, 0.717) is 12.7 Å². The van der Waals surface area contributed by atoms with Crippen molar-refractivity contribution >= 4 is 11.6 Å². The highest BCUT2D eigenvalue weighted by Crippen LogP contribution is 2.29. The normalized spacial score (nSPS) is 14.8. The lowest BCUT2D eigenvalue weighted by atomic mass is 10.0. The van der Waals surface area contributed by atoms with Gasteiger partial charge in [0.05, 0.1) is 7.11 Å². The van der Waals surface area contributed by atoms with Gasteiger partial charge in [-0.25, -0.2) is 0 Å². The maximum absolute atomic E-state index is 12.5. The first kappa shape index (κ1) is 14.3. The monoisotopic (exact) mass is 262 g/mol. The topological polar surface area (TPSA) is 64.3 Å². The molecule has 1 amide bonds. The maximum atomic E-state index is 12.5. The van der Waals surface area contributed by atoms with Gasteiger partial charge in [-0.3, -0.25) is 4.79 Å². The van der Waals surface area contributed by atoms with Crippen LogP contribution in [0.25, 0.3) is 0 Å². The van der Waals surface area contributed by atoms with E-state index in [0.717, 1.165) is 0 Å². The third-order valence-electron chi connectivity index (χ3n) is 2.39. The van der Waals surface area contributed by atoms with Crippen LogP contribution in [0, 0.1) is 0 Å². The second-order valence-electron chi connectivity index (χ2n) is 3.89. The molecule has 0 aromatic heterocycles. The maximum Gasteiger partial charge on any atom is 0.415 e. The number of anilines is 1. The Bertz CT molecular complexity index is 444. The molecule has 0 radical (unpaired) electrons. The van der Waals surface area contributed by atoms with Crippen molar-refractivity contribution in [1.82, 2.24) is 0 Å². The molecule has 1 aromatic carbocycles. The number of methoxy groups -OCH3 is 1. The lowest BCUT2D eigenvalue weighted by Gasteiger charge is -2.26. The second-order valence-corrected chi connectivity index (χ2v) is 3.89. The van der Waals surface area contributed by atoms with Crippen molar-refractivity contribution in [1.29, 1.82) is 0 Å². The fraction of sp³-hybridized carbons (Fsp3) is 0.364. The van der Waals surface area contributed by atoms with Gasteiger partial charge in [0.15, 0.2) is 5.54 Å². The molecule has 0 spiro atoms. The van der Waals surface area contributed by atoms with Gasteiger partial charge in [0, 0.05) is 11.8 Å². The molecule has 4 nitrogen and oxygen atoms in total. The molecule has 1 atom stereocenters. The number of nitrogens with two attached hydrogens (primary N) is 1. The number of rotatable bonds is 3. The summed E-state index contributed by atoms with van der Waals surface area (Å²) in [7, 11) is 1.41. The molecule has 0 bridgehead atoms. The minimum Gasteiger partial charge on any atom is -0.497 e. The smallest absolute Gasteiger partial charge is 0.415 e. The molecule has 0 heterocycles. The van der Waals surface area contributed by atoms with Crippen LogP contribution < -0.4 is 15.8 Å². The van der Waals surface area contributed by atoms with Gasteiger partial charge in [0.25, 0.3) is 5.91 Å². The summed E-state index contributed by atoms with van der Waals surface area (Å²) in [6.45, 7) is 0.614. The molecule has 0 saturated heterocycles. The summed E-state index contributed by atoms with van der Waals surface area (Å²) in [6, 6.07) is 5.97. The van der Waals surface area contributed by atoms with E-state index in [4.69, 9.17) is 10.5 Å². The number of halogens is 3. The highest BCUT2D eigenvalue weighted by molar-refractivity contribution is 5.98. The molecule has 0 unspecified atom stereocenters. The quantitative estimate of drug-likeness (QED) is 0.874. The van der Waals surface area contributed by atoms with Crippen molar-refractivity contribution < 1.29 is 22.7 Å². The minimum absolute atomic E-state index is 0.181. The van der Waals surface area contributed by atoms with Gasteiger partial charge in [-0.15, -0.1) is 0 Å². The number of ether oxygens (including phenoxy) is 1.